The van der Waals surface area contributed by atoms with Crippen LogP contribution in [-0.4, -0.2) is 0 Å². The molecule has 3 rings (SSSR count). The number of benzene rings is 1. The van der Waals surface area contributed by atoms with Gasteiger partial charge in [-0.25, -0.2) is 0 Å². The first-order valence-corrected chi connectivity index (χ1v) is 7.21. The SMILES string of the molecule is CCCC1C=C(C2CCCC2)c2ccccc21. The van der Waals surface area contributed by atoms with E-state index in [-0.39, 0.29) is 0 Å². The summed E-state index contributed by atoms with van der Waals surface area (Å²) in [4.78, 5) is 0. The fourth-order valence-electron chi connectivity index (χ4n) is 3.62. The second-order valence-corrected chi connectivity index (χ2v) is 5.59. The van der Waals surface area contributed by atoms with Gasteiger partial charge in [-0.05, 0) is 41.9 Å². The zero-order valence-corrected chi connectivity index (χ0v) is 10.8. The van der Waals surface area contributed by atoms with Crippen molar-refractivity contribution in [2.24, 2.45) is 5.92 Å². The molecule has 1 fully saturated rings. The molecular weight excluding hydrogens is 204 g/mol. The van der Waals surface area contributed by atoms with E-state index in [9.17, 15) is 0 Å². The van der Waals surface area contributed by atoms with Crippen molar-refractivity contribution in [2.75, 3.05) is 0 Å². The smallest absolute Gasteiger partial charge is 0.00300 e. The summed E-state index contributed by atoms with van der Waals surface area (Å²) in [5.41, 5.74) is 4.84. The number of fused-ring (bicyclic) bond motifs is 1. The van der Waals surface area contributed by atoms with Gasteiger partial charge in [0.25, 0.3) is 0 Å². The molecule has 0 bridgehead atoms. The molecule has 90 valence electrons. The second-order valence-electron chi connectivity index (χ2n) is 5.59. The average molecular weight is 226 g/mol. The molecule has 1 saturated carbocycles. The molecule has 0 nitrogen and oxygen atoms in total. The Labute approximate surface area is 105 Å². The molecule has 1 aromatic carbocycles. The highest BCUT2D eigenvalue weighted by Crippen LogP contribution is 2.46. The summed E-state index contributed by atoms with van der Waals surface area (Å²) in [6.07, 6.45) is 10.9. The molecule has 0 aliphatic heterocycles. The maximum Gasteiger partial charge on any atom is 0.00300 e. The summed E-state index contributed by atoms with van der Waals surface area (Å²) >= 11 is 0. The first-order valence-electron chi connectivity index (χ1n) is 7.21. The third kappa shape index (κ3) is 1.94. The van der Waals surface area contributed by atoms with E-state index in [1.165, 1.54) is 38.5 Å². The summed E-state index contributed by atoms with van der Waals surface area (Å²) in [7, 11) is 0. The van der Waals surface area contributed by atoms with E-state index >= 15 is 0 Å². The normalized spacial score (nSPS) is 23.8. The van der Waals surface area contributed by atoms with Gasteiger partial charge in [-0.2, -0.15) is 0 Å². The largest absolute Gasteiger partial charge is 0.0729 e. The molecule has 0 saturated heterocycles. The van der Waals surface area contributed by atoms with Crippen molar-refractivity contribution in [3.8, 4) is 0 Å². The van der Waals surface area contributed by atoms with Crippen molar-refractivity contribution in [2.45, 2.75) is 51.4 Å². The summed E-state index contributed by atoms with van der Waals surface area (Å²) in [6.45, 7) is 2.30. The van der Waals surface area contributed by atoms with Gasteiger partial charge in [-0.15, -0.1) is 0 Å². The van der Waals surface area contributed by atoms with Gasteiger partial charge in [-0.3, -0.25) is 0 Å². The molecule has 0 aromatic heterocycles. The average Bonchev–Trinajstić information content (AvgIpc) is 2.97. The van der Waals surface area contributed by atoms with Crippen molar-refractivity contribution in [3.63, 3.8) is 0 Å². The summed E-state index contributed by atoms with van der Waals surface area (Å²) in [5, 5.41) is 0. The molecule has 0 spiro atoms. The van der Waals surface area contributed by atoms with Gasteiger partial charge in [0.1, 0.15) is 0 Å². The minimum absolute atomic E-state index is 0.701. The van der Waals surface area contributed by atoms with Crippen LogP contribution in [0.15, 0.2) is 30.3 Å². The highest BCUT2D eigenvalue weighted by atomic mass is 14.3. The Morgan fingerprint density at radius 2 is 1.88 bits per heavy atom. The Bertz CT molecular complexity index is 421. The van der Waals surface area contributed by atoms with Gasteiger partial charge in [-0.1, -0.05) is 56.5 Å². The lowest BCUT2D eigenvalue weighted by Gasteiger charge is -2.12. The van der Waals surface area contributed by atoms with E-state index < -0.39 is 0 Å². The van der Waals surface area contributed by atoms with E-state index in [2.05, 4.69) is 37.3 Å². The van der Waals surface area contributed by atoms with Crippen LogP contribution in [0.3, 0.4) is 0 Å². The predicted octanol–water partition coefficient (Wildman–Crippen LogP) is 5.16. The van der Waals surface area contributed by atoms with Gasteiger partial charge in [0.15, 0.2) is 0 Å². The summed E-state index contributed by atoms with van der Waals surface area (Å²) in [6, 6.07) is 9.09. The Morgan fingerprint density at radius 3 is 2.65 bits per heavy atom. The minimum atomic E-state index is 0.701. The molecule has 17 heavy (non-hydrogen) atoms. The Balaban J connectivity index is 1.95. The van der Waals surface area contributed by atoms with E-state index in [0.717, 1.165) is 5.92 Å². The fraction of sp³-hybridized carbons (Fsp3) is 0.529. The lowest BCUT2D eigenvalue weighted by Crippen LogP contribution is -1.96. The van der Waals surface area contributed by atoms with E-state index in [0.29, 0.717) is 5.92 Å². The number of allylic oxidation sites excluding steroid dienone is 2. The van der Waals surface area contributed by atoms with Crippen LogP contribution < -0.4 is 0 Å². The van der Waals surface area contributed by atoms with Crippen molar-refractivity contribution in [1.82, 2.24) is 0 Å². The highest BCUT2D eigenvalue weighted by Gasteiger charge is 2.28. The quantitative estimate of drug-likeness (QED) is 0.668. The fourth-order valence-corrected chi connectivity index (χ4v) is 3.62. The highest BCUT2D eigenvalue weighted by molar-refractivity contribution is 5.76. The molecule has 2 aliphatic carbocycles. The molecule has 1 unspecified atom stereocenters. The molecule has 1 aromatic rings. The van der Waals surface area contributed by atoms with Crippen molar-refractivity contribution in [1.29, 1.82) is 0 Å². The van der Waals surface area contributed by atoms with Gasteiger partial charge in [0.05, 0.1) is 0 Å². The van der Waals surface area contributed by atoms with Crippen molar-refractivity contribution in [3.05, 3.63) is 41.5 Å². The zero-order chi connectivity index (χ0) is 11.7. The van der Waals surface area contributed by atoms with E-state index in [1.54, 1.807) is 16.7 Å². The Kier molecular flexibility index (Phi) is 3.05. The zero-order valence-electron chi connectivity index (χ0n) is 10.8. The Hall–Kier alpha value is -1.04. The molecule has 0 heterocycles. The molecular formula is C17H22. The molecule has 2 aliphatic rings. The molecule has 0 N–H and O–H groups in total. The van der Waals surface area contributed by atoms with Crippen molar-refractivity contribution >= 4 is 5.57 Å². The van der Waals surface area contributed by atoms with Crippen LogP contribution in [0, 0.1) is 5.92 Å². The van der Waals surface area contributed by atoms with Gasteiger partial charge < -0.3 is 0 Å². The van der Waals surface area contributed by atoms with Crippen LogP contribution in [-0.2, 0) is 0 Å². The van der Waals surface area contributed by atoms with Crippen LogP contribution in [0.1, 0.15) is 62.5 Å². The number of rotatable bonds is 3. The maximum atomic E-state index is 2.59. The molecule has 0 radical (unpaired) electrons. The lowest BCUT2D eigenvalue weighted by molar-refractivity contribution is 0.701. The summed E-state index contributed by atoms with van der Waals surface area (Å²) in [5.74, 6) is 1.56. The minimum Gasteiger partial charge on any atom is -0.0729 e. The first-order chi connectivity index (χ1) is 8.40. The lowest BCUT2D eigenvalue weighted by atomic mass is 9.92. The van der Waals surface area contributed by atoms with Crippen molar-refractivity contribution < 1.29 is 0 Å². The van der Waals surface area contributed by atoms with Crippen LogP contribution >= 0.6 is 0 Å². The Morgan fingerprint density at radius 1 is 1.12 bits per heavy atom. The third-order valence-corrected chi connectivity index (χ3v) is 4.45. The molecule has 1 atom stereocenters. The van der Waals surface area contributed by atoms with Crippen LogP contribution in [0.2, 0.25) is 0 Å². The first kappa shape index (κ1) is 11.1. The predicted molar refractivity (Wildman–Crippen MR) is 74.0 cm³/mol. The van der Waals surface area contributed by atoms with Crippen LogP contribution in [0.5, 0.6) is 0 Å². The topological polar surface area (TPSA) is 0 Å². The van der Waals surface area contributed by atoms with Gasteiger partial charge in [0.2, 0.25) is 0 Å². The number of hydrogen-bond acceptors (Lipinski definition) is 0. The monoisotopic (exact) mass is 226 g/mol. The van der Waals surface area contributed by atoms with Crippen LogP contribution in [0.4, 0.5) is 0 Å². The van der Waals surface area contributed by atoms with Gasteiger partial charge >= 0.3 is 0 Å². The van der Waals surface area contributed by atoms with Crippen LogP contribution in [0.25, 0.3) is 5.57 Å². The third-order valence-electron chi connectivity index (χ3n) is 4.45. The van der Waals surface area contributed by atoms with E-state index in [1.807, 2.05) is 0 Å². The second kappa shape index (κ2) is 4.68. The molecule has 0 heteroatoms. The molecule has 0 amide bonds. The standard InChI is InChI=1S/C17H22/c1-2-7-14-12-17(13-8-3-4-9-13)16-11-6-5-10-15(14)16/h5-6,10-14H,2-4,7-9H2,1H3. The van der Waals surface area contributed by atoms with Gasteiger partial charge in [0, 0.05) is 5.92 Å². The maximum absolute atomic E-state index is 2.59. The summed E-state index contributed by atoms with van der Waals surface area (Å²) < 4.78 is 0. The number of hydrogen-bond donors (Lipinski definition) is 0. The van der Waals surface area contributed by atoms with E-state index in [4.69, 9.17) is 0 Å².